The molecule has 0 amide bonds. The maximum atomic E-state index is 11.6. The number of rotatable bonds is 8. The van der Waals surface area contributed by atoms with Crippen LogP contribution < -0.4 is 5.32 Å². The molecule has 0 aromatic rings. The number of aliphatic carboxylic acids is 1. The number of carbonyl (C=O) groups is 1. The van der Waals surface area contributed by atoms with Gasteiger partial charge in [0.15, 0.2) is 0 Å². The van der Waals surface area contributed by atoms with Crippen LogP contribution in [0.25, 0.3) is 0 Å². The Kier molecular flexibility index (Phi) is 7.23. The molecule has 0 bridgehead atoms. The maximum absolute atomic E-state index is 11.6. The first-order valence-corrected chi connectivity index (χ1v) is 4.40. The van der Waals surface area contributed by atoms with E-state index in [0.717, 1.165) is 6.42 Å². The van der Waals surface area contributed by atoms with E-state index in [0.29, 0.717) is 6.54 Å². The normalized spacial score (nSPS) is 13.1. The number of ether oxygens (including phenoxy) is 1. The predicted octanol–water partition coefficient (Wildman–Crippen LogP) is 0.721. The Morgan fingerprint density at radius 2 is 2.14 bits per heavy atom. The molecule has 0 aliphatic rings. The summed E-state index contributed by atoms with van der Waals surface area (Å²) >= 11 is 0. The number of nitrogens with one attached hydrogen (secondary N) is 1. The highest BCUT2D eigenvalue weighted by atomic mass is 19.3. The van der Waals surface area contributed by atoms with Crippen molar-refractivity contribution in [1.29, 1.82) is 0 Å². The average molecular weight is 211 g/mol. The van der Waals surface area contributed by atoms with Gasteiger partial charge in [-0.25, -0.2) is 8.78 Å². The third-order valence-corrected chi connectivity index (χ3v) is 1.47. The molecule has 0 rings (SSSR count). The summed E-state index contributed by atoms with van der Waals surface area (Å²) in [7, 11) is 0. The van der Waals surface area contributed by atoms with Crippen LogP contribution >= 0.6 is 0 Å². The number of carboxylic acids is 1. The zero-order valence-electron chi connectivity index (χ0n) is 8.00. The van der Waals surface area contributed by atoms with Crippen molar-refractivity contribution in [3.8, 4) is 0 Å². The monoisotopic (exact) mass is 211 g/mol. The van der Waals surface area contributed by atoms with Crippen molar-refractivity contribution >= 4 is 5.97 Å². The minimum atomic E-state index is -2.56. The smallest absolute Gasteiger partial charge is 0.323 e. The number of hydrogen-bond acceptors (Lipinski definition) is 3. The number of carboxylic acid groups (broad SMARTS) is 1. The standard InChI is InChI=1S/C8H15F2NO3/c1-2-3-11-6(8(12)13)4-14-5-7(9)10/h6-7,11H,2-5H2,1H3,(H,12,13). The Morgan fingerprint density at radius 1 is 1.50 bits per heavy atom. The highest BCUT2D eigenvalue weighted by Gasteiger charge is 2.16. The fourth-order valence-electron chi connectivity index (χ4n) is 0.811. The minimum absolute atomic E-state index is 0.236. The molecule has 6 heteroatoms. The fourth-order valence-corrected chi connectivity index (χ4v) is 0.811. The molecule has 0 saturated carbocycles. The number of hydrogen-bond donors (Lipinski definition) is 2. The second kappa shape index (κ2) is 7.64. The van der Waals surface area contributed by atoms with E-state index in [9.17, 15) is 13.6 Å². The Balaban J connectivity index is 3.68. The van der Waals surface area contributed by atoms with E-state index in [2.05, 4.69) is 10.1 Å². The lowest BCUT2D eigenvalue weighted by Gasteiger charge is -2.13. The second-order valence-corrected chi connectivity index (χ2v) is 2.77. The van der Waals surface area contributed by atoms with Crippen molar-refractivity contribution in [3.63, 3.8) is 0 Å². The molecular weight excluding hydrogens is 196 g/mol. The van der Waals surface area contributed by atoms with E-state index in [4.69, 9.17) is 5.11 Å². The summed E-state index contributed by atoms with van der Waals surface area (Å²) in [5.74, 6) is -1.09. The summed E-state index contributed by atoms with van der Waals surface area (Å²) in [6.07, 6.45) is -1.78. The van der Waals surface area contributed by atoms with Crippen molar-refractivity contribution in [2.45, 2.75) is 25.8 Å². The van der Waals surface area contributed by atoms with Crippen LogP contribution in [0.5, 0.6) is 0 Å². The molecule has 4 nitrogen and oxygen atoms in total. The predicted molar refractivity (Wildman–Crippen MR) is 46.5 cm³/mol. The first-order valence-electron chi connectivity index (χ1n) is 4.40. The molecule has 0 radical (unpaired) electrons. The molecular formula is C8H15F2NO3. The largest absolute Gasteiger partial charge is 0.480 e. The summed E-state index contributed by atoms with van der Waals surface area (Å²) in [5, 5.41) is 11.3. The number of halogens is 2. The lowest BCUT2D eigenvalue weighted by Crippen LogP contribution is -2.41. The van der Waals surface area contributed by atoms with Crippen LogP contribution in [0.4, 0.5) is 8.78 Å². The van der Waals surface area contributed by atoms with Crippen LogP contribution in [-0.4, -0.2) is 43.3 Å². The van der Waals surface area contributed by atoms with Gasteiger partial charge in [-0.05, 0) is 13.0 Å². The van der Waals surface area contributed by atoms with Crippen molar-refractivity contribution in [3.05, 3.63) is 0 Å². The molecule has 14 heavy (non-hydrogen) atoms. The molecule has 0 saturated heterocycles. The van der Waals surface area contributed by atoms with Gasteiger partial charge >= 0.3 is 5.97 Å². The third kappa shape index (κ3) is 6.73. The summed E-state index contributed by atoms with van der Waals surface area (Å²) in [6.45, 7) is 1.44. The van der Waals surface area contributed by atoms with Gasteiger partial charge in [0.2, 0.25) is 0 Å². The number of alkyl halides is 2. The van der Waals surface area contributed by atoms with E-state index in [-0.39, 0.29) is 6.61 Å². The Morgan fingerprint density at radius 3 is 2.57 bits per heavy atom. The van der Waals surface area contributed by atoms with Gasteiger partial charge in [-0.15, -0.1) is 0 Å². The highest BCUT2D eigenvalue weighted by molar-refractivity contribution is 5.73. The lowest BCUT2D eigenvalue weighted by atomic mass is 10.3. The highest BCUT2D eigenvalue weighted by Crippen LogP contribution is 1.94. The molecule has 0 aliphatic heterocycles. The van der Waals surface area contributed by atoms with Gasteiger partial charge in [-0.2, -0.15) is 0 Å². The molecule has 84 valence electrons. The quantitative estimate of drug-likeness (QED) is 0.621. The molecule has 0 fully saturated rings. The Bertz CT molecular complexity index is 167. The van der Waals surface area contributed by atoms with Gasteiger partial charge in [0.1, 0.15) is 12.6 Å². The van der Waals surface area contributed by atoms with Crippen molar-refractivity contribution in [2.24, 2.45) is 0 Å². The molecule has 0 aromatic carbocycles. The van der Waals surface area contributed by atoms with Gasteiger partial charge in [0, 0.05) is 0 Å². The van der Waals surface area contributed by atoms with Crippen LogP contribution in [0.2, 0.25) is 0 Å². The van der Waals surface area contributed by atoms with Gasteiger partial charge in [-0.1, -0.05) is 6.92 Å². The van der Waals surface area contributed by atoms with Crippen molar-refractivity contribution < 1.29 is 23.4 Å². The fraction of sp³-hybridized carbons (Fsp3) is 0.875. The molecule has 2 N–H and O–H groups in total. The zero-order valence-corrected chi connectivity index (χ0v) is 8.00. The lowest BCUT2D eigenvalue weighted by molar-refractivity contribution is -0.141. The first-order chi connectivity index (χ1) is 6.57. The topological polar surface area (TPSA) is 58.6 Å². The van der Waals surface area contributed by atoms with Crippen LogP contribution in [0.3, 0.4) is 0 Å². The summed E-state index contributed by atoms with van der Waals surface area (Å²) in [4.78, 5) is 10.6. The van der Waals surface area contributed by atoms with Crippen molar-refractivity contribution in [1.82, 2.24) is 5.32 Å². The molecule has 1 unspecified atom stereocenters. The Hall–Kier alpha value is -0.750. The van der Waals surface area contributed by atoms with Gasteiger partial charge in [-0.3, -0.25) is 4.79 Å². The molecule has 0 aliphatic carbocycles. The molecule has 0 aromatic heterocycles. The first kappa shape index (κ1) is 13.2. The minimum Gasteiger partial charge on any atom is -0.480 e. The maximum Gasteiger partial charge on any atom is 0.323 e. The molecule has 0 spiro atoms. The van der Waals surface area contributed by atoms with E-state index >= 15 is 0 Å². The van der Waals surface area contributed by atoms with Gasteiger partial charge in [0.05, 0.1) is 6.61 Å². The van der Waals surface area contributed by atoms with Crippen LogP contribution in [0.15, 0.2) is 0 Å². The van der Waals surface area contributed by atoms with Crippen LogP contribution in [0.1, 0.15) is 13.3 Å². The van der Waals surface area contributed by atoms with Gasteiger partial charge in [0.25, 0.3) is 6.43 Å². The van der Waals surface area contributed by atoms with Crippen LogP contribution in [-0.2, 0) is 9.53 Å². The van der Waals surface area contributed by atoms with E-state index in [1.54, 1.807) is 0 Å². The second-order valence-electron chi connectivity index (χ2n) is 2.77. The zero-order chi connectivity index (χ0) is 11.0. The van der Waals surface area contributed by atoms with Gasteiger partial charge < -0.3 is 15.2 Å². The summed E-state index contributed by atoms with van der Waals surface area (Å²) in [5.41, 5.74) is 0. The molecule has 1 atom stereocenters. The van der Waals surface area contributed by atoms with Crippen LogP contribution in [0, 0.1) is 0 Å². The SMILES string of the molecule is CCCNC(COCC(F)F)C(=O)O. The average Bonchev–Trinajstić information content (AvgIpc) is 2.09. The van der Waals surface area contributed by atoms with E-state index in [1.807, 2.05) is 6.92 Å². The van der Waals surface area contributed by atoms with E-state index < -0.39 is 25.0 Å². The summed E-state index contributed by atoms with van der Waals surface area (Å²) in [6, 6.07) is -0.909. The molecule has 0 heterocycles. The van der Waals surface area contributed by atoms with E-state index in [1.165, 1.54) is 0 Å². The Labute approximate surface area is 81.2 Å². The third-order valence-electron chi connectivity index (χ3n) is 1.47. The van der Waals surface area contributed by atoms with Crippen molar-refractivity contribution in [2.75, 3.05) is 19.8 Å². The summed E-state index contributed by atoms with van der Waals surface area (Å²) < 4.78 is 27.8.